The van der Waals surface area contributed by atoms with Crippen LogP contribution in [0.15, 0.2) is 0 Å². The fourth-order valence-electron chi connectivity index (χ4n) is 2.40. The monoisotopic (exact) mass is 463 g/mol. The van der Waals surface area contributed by atoms with Crippen molar-refractivity contribution in [3.63, 3.8) is 0 Å². The molecule has 6 unspecified atom stereocenters. The smallest absolute Gasteiger partial charge is 0.326 e. The molecule has 15 heteroatoms. The summed E-state index contributed by atoms with van der Waals surface area (Å²) >= 11 is 0. The predicted molar refractivity (Wildman–Crippen MR) is 105 cm³/mol. The number of nitrogens with one attached hydrogen (secondary N) is 3. The summed E-state index contributed by atoms with van der Waals surface area (Å²) in [6.07, 6.45) is -4.50. The van der Waals surface area contributed by atoms with E-state index >= 15 is 0 Å². The Kier molecular flexibility index (Phi) is 11.8. The van der Waals surface area contributed by atoms with Crippen LogP contribution in [0.1, 0.15) is 33.1 Å². The highest BCUT2D eigenvalue weighted by molar-refractivity contribution is 5.95. The predicted octanol–water partition coefficient (Wildman–Crippen LogP) is -4.65. The molecule has 182 valence electrons. The van der Waals surface area contributed by atoms with Crippen molar-refractivity contribution >= 4 is 35.6 Å². The van der Waals surface area contributed by atoms with Gasteiger partial charge in [-0.2, -0.15) is 0 Å². The zero-order chi connectivity index (χ0) is 25.2. The summed E-state index contributed by atoms with van der Waals surface area (Å²) in [6, 6.07) is -6.46. The van der Waals surface area contributed by atoms with Crippen LogP contribution in [-0.4, -0.2) is 92.4 Å². The van der Waals surface area contributed by atoms with Gasteiger partial charge < -0.3 is 47.8 Å². The van der Waals surface area contributed by atoms with Crippen LogP contribution >= 0.6 is 0 Å². The molecule has 0 saturated heterocycles. The largest absolute Gasteiger partial charge is 0.481 e. The Morgan fingerprint density at radius 2 is 1.25 bits per heavy atom. The highest BCUT2D eigenvalue weighted by Crippen LogP contribution is 2.03. The van der Waals surface area contributed by atoms with E-state index in [0.717, 1.165) is 13.8 Å². The second-order valence-corrected chi connectivity index (χ2v) is 7.06. The Balaban J connectivity index is 5.36. The molecule has 0 heterocycles. The molecule has 0 aromatic carbocycles. The van der Waals surface area contributed by atoms with Crippen molar-refractivity contribution in [3.8, 4) is 0 Å². The van der Waals surface area contributed by atoms with Crippen molar-refractivity contribution in [3.05, 3.63) is 0 Å². The van der Waals surface area contributed by atoms with Crippen LogP contribution in [0.25, 0.3) is 0 Å². The maximum absolute atomic E-state index is 12.5. The van der Waals surface area contributed by atoms with Crippen molar-refractivity contribution in [2.45, 2.75) is 69.5 Å². The average Bonchev–Trinajstić information content (AvgIpc) is 2.65. The number of nitrogens with two attached hydrogens (primary N) is 2. The average molecular weight is 463 g/mol. The molecule has 15 nitrogen and oxygen atoms in total. The molecule has 0 aliphatic rings. The van der Waals surface area contributed by atoms with Gasteiger partial charge in [0.1, 0.15) is 18.1 Å². The van der Waals surface area contributed by atoms with E-state index in [2.05, 4.69) is 10.6 Å². The Morgan fingerprint density at radius 1 is 0.812 bits per heavy atom. The maximum atomic E-state index is 12.5. The Labute approximate surface area is 182 Å². The first-order valence-corrected chi connectivity index (χ1v) is 9.43. The number of aliphatic hydroxyl groups excluding tert-OH is 2. The number of rotatable bonds is 14. The topological polar surface area (TPSA) is 271 Å². The maximum Gasteiger partial charge on any atom is 0.326 e. The highest BCUT2D eigenvalue weighted by Gasteiger charge is 2.34. The Hall–Kier alpha value is -3.30. The number of hydrogen-bond donors (Lipinski definition) is 9. The number of amides is 4. The molecule has 32 heavy (non-hydrogen) atoms. The van der Waals surface area contributed by atoms with Crippen LogP contribution in [0.2, 0.25) is 0 Å². The molecule has 0 aliphatic heterocycles. The van der Waals surface area contributed by atoms with Crippen molar-refractivity contribution in [2.24, 2.45) is 11.5 Å². The van der Waals surface area contributed by atoms with Crippen LogP contribution < -0.4 is 27.4 Å². The van der Waals surface area contributed by atoms with Crippen molar-refractivity contribution in [1.82, 2.24) is 16.0 Å². The Bertz CT molecular complexity index is 727. The third-order valence-electron chi connectivity index (χ3n) is 4.15. The second-order valence-electron chi connectivity index (χ2n) is 7.06. The minimum absolute atomic E-state index is 0.343. The van der Waals surface area contributed by atoms with E-state index in [9.17, 15) is 39.0 Å². The van der Waals surface area contributed by atoms with Gasteiger partial charge in [-0.05, 0) is 20.3 Å². The molecule has 4 amide bonds. The van der Waals surface area contributed by atoms with Gasteiger partial charge in [0.25, 0.3) is 0 Å². The molecule has 11 N–H and O–H groups in total. The number of aliphatic carboxylic acids is 2. The van der Waals surface area contributed by atoms with Gasteiger partial charge in [-0.3, -0.25) is 24.0 Å². The molecule has 0 aromatic heterocycles. The Morgan fingerprint density at radius 3 is 1.62 bits per heavy atom. The van der Waals surface area contributed by atoms with Gasteiger partial charge in [-0.15, -0.1) is 0 Å². The normalized spacial score (nSPS) is 16.4. The summed E-state index contributed by atoms with van der Waals surface area (Å²) in [4.78, 5) is 69.7. The van der Waals surface area contributed by atoms with E-state index in [1.165, 1.54) is 0 Å². The van der Waals surface area contributed by atoms with E-state index in [4.69, 9.17) is 21.7 Å². The fourth-order valence-corrected chi connectivity index (χ4v) is 2.40. The van der Waals surface area contributed by atoms with Crippen molar-refractivity contribution < 1.29 is 49.2 Å². The van der Waals surface area contributed by atoms with Gasteiger partial charge in [0, 0.05) is 6.42 Å². The molecule has 0 aliphatic carbocycles. The second kappa shape index (κ2) is 13.2. The summed E-state index contributed by atoms with van der Waals surface area (Å²) in [7, 11) is 0. The van der Waals surface area contributed by atoms with Crippen LogP contribution in [0.3, 0.4) is 0 Å². The number of carboxylic acids is 2. The SMILES string of the molecule is CC(O)C(NC(=O)C(N)CC(=O)O)C(=O)NC(C(=O)NC(CCC(N)=O)C(=O)O)C(C)O. The van der Waals surface area contributed by atoms with Crippen LogP contribution in [0, 0.1) is 0 Å². The minimum Gasteiger partial charge on any atom is -0.481 e. The summed E-state index contributed by atoms with van der Waals surface area (Å²) in [6.45, 7) is 2.23. The number of primary amides is 1. The van der Waals surface area contributed by atoms with Crippen LogP contribution in [-0.2, 0) is 28.8 Å². The first-order chi connectivity index (χ1) is 14.7. The summed E-state index contributed by atoms with van der Waals surface area (Å²) in [5.74, 6) is -6.99. The van der Waals surface area contributed by atoms with E-state index in [0.29, 0.717) is 0 Å². The number of carbonyl (C=O) groups is 6. The lowest BCUT2D eigenvalue weighted by atomic mass is 10.1. The molecular formula is C17H29N5O10. The summed E-state index contributed by atoms with van der Waals surface area (Å²) in [5.41, 5.74) is 10.4. The molecule has 0 fully saturated rings. The molecular weight excluding hydrogens is 434 g/mol. The molecule has 0 bridgehead atoms. The summed E-state index contributed by atoms with van der Waals surface area (Å²) in [5, 5.41) is 43.7. The zero-order valence-electron chi connectivity index (χ0n) is 17.5. The zero-order valence-corrected chi connectivity index (χ0v) is 17.5. The molecule has 0 aromatic rings. The lowest BCUT2D eigenvalue weighted by molar-refractivity contribution is -0.143. The van der Waals surface area contributed by atoms with Crippen LogP contribution in [0.4, 0.5) is 0 Å². The van der Waals surface area contributed by atoms with E-state index < -0.39 is 78.4 Å². The first kappa shape index (κ1) is 28.7. The number of carbonyl (C=O) groups excluding carboxylic acids is 4. The third kappa shape index (κ3) is 10.1. The number of hydrogen-bond acceptors (Lipinski definition) is 9. The molecule has 0 radical (unpaired) electrons. The van der Waals surface area contributed by atoms with Gasteiger partial charge in [0.15, 0.2) is 0 Å². The van der Waals surface area contributed by atoms with Gasteiger partial charge in [-0.1, -0.05) is 0 Å². The first-order valence-electron chi connectivity index (χ1n) is 9.43. The quantitative estimate of drug-likeness (QED) is 0.118. The number of aliphatic hydroxyl groups is 2. The standard InChI is InChI=1S/C17H29N5O10/c1-6(23)12(15(29)20-9(17(31)32)3-4-10(19)25)22-16(30)13(7(2)24)21-14(28)8(18)5-11(26)27/h6-9,12-13,23-24H,3-5,18H2,1-2H3,(H2,19,25)(H,20,29)(H,21,28)(H,22,30)(H,26,27)(H,31,32). The molecule has 0 rings (SSSR count). The fraction of sp³-hybridized carbons (Fsp3) is 0.647. The van der Waals surface area contributed by atoms with Gasteiger partial charge >= 0.3 is 11.9 Å². The molecule has 0 saturated carbocycles. The van der Waals surface area contributed by atoms with E-state index in [1.54, 1.807) is 0 Å². The lowest BCUT2D eigenvalue weighted by Gasteiger charge is -2.27. The van der Waals surface area contributed by atoms with Gasteiger partial charge in [0.05, 0.1) is 24.7 Å². The summed E-state index contributed by atoms with van der Waals surface area (Å²) < 4.78 is 0. The lowest BCUT2D eigenvalue weighted by Crippen LogP contribution is -2.62. The molecule has 0 spiro atoms. The van der Waals surface area contributed by atoms with E-state index in [1.807, 2.05) is 5.32 Å². The van der Waals surface area contributed by atoms with Gasteiger partial charge in [-0.25, -0.2) is 4.79 Å². The van der Waals surface area contributed by atoms with Crippen LogP contribution in [0.5, 0.6) is 0 Å². The highest BCUT2D eigenvalue weighted by atomic mass is 16.4. The molecule has 6 atom stereocenters. The third-order valence-corrected chi connectivity index (χ3v) is 4.15. The minimum atomic E-state index is -1.70. The number of carboxylic acid groups (broad SMARTS) is 2. The van der Waals surface area contributed by atoms with E-state index in [-0.39, 0.29) is 12.8 Å². The van der Waals surface area contributed by atoms with Gasteiger partial charge in [0.2, 0.25) is 23.6 Å². The van der Waals surface area contributed by atoms with Crippen molar-refractivity contribution in [1.29, 1.82) is 0 Å². The van der Waals surface area contributed by atoms with Crippen molar-refractivity contribution in [2.75, 3.05) is 0 Å².